The SMILES string of the molecule is Cc1ccc(-c2noc(COc3ccccc3C=O)n2)cc1C. The minimum atomic E-state index is 0.114. The number of nitrogens with zero attached hydrogens (tertiary/aromatic N) is 2. The number of aldehydes is 1. The zero-order valence-electron chi connectivity index (χ0n) is 12.9. The van der Waals surface area contributed by atoms with Gasteiger partial charge in [-0.2, -0.15) is 4.98 Å². The summed E-state index contributed by atoms with van der Waals surface area (Å²) in [7, 11) is 0. The molecule has 0 fully saturated rings. The predicted molar refractivity (Wildman–Crippen MR) is 85.4 cm³/mol. The molecule has 0 aliphatic heterocycles. The van der Waals surface area contributed by atoms with Gasteiger partial charge in [-0.3, -0.25) is 4.79 Å². The highest BCUT2D eigenvalue weighted by Crippen LogP contribution is 2.21. The molecule has 3 aromatic rings. The van der Waals surface area contributed by atoms with E-state index < -0.39 is 0 Å². The summed E-state index contributed by atoms with van der Waals surface area (Å²) in [5, 5.41) is 3.98. The number of ether oxygens (including phenoxy) is 1. The highest BCUT2D eigenvalue weighted by Gasteiger charge is 2.11. The smallest absolute Gasteiger partial charge is 0.264 e. The van der Waals surface area contributed by atoms with E-state index in [1.165, 1.54) is 11.1 Å². The second-order valence-electron chi connectivity index (χ2n) is 5.26. The highest BCUT2D eigenvalue weighted by molar-refractivity contribution is 5.79. The molecule has 0 aliphatic carbocycles. The summed E-state index contributed by atoms with van der Waals surface area (Å²) in [5.74, 6) is 1.38. The van der Waals surface area contributed by atoms with Gasteiger partial charge in [-0.25, -0.2) is 0 Å². The summed E-state index contributed by atoms with van der Waals surface area (Å²) in [5.41, 5.74) is 3.77. The van der Waals surface area contributed by atoms with Crippen LogP contribution < -0.4 is 4.74 Å². The predicted octanol–water partition coefficient (Wildman–Crippen LogP) is 3.74. The Bertz CT molecular complexity index is 840. The largest absolute Gasteiger partial charge is 0.483 e. The summed E-state index contributed by atoms with van der Waals surface area (Å²) in [6, 6.07) is 13.0. The first-order chi connectivity index (χ1) is 11.2. The van der Waals surface area contributed by atoms with Gasteiger partial charge in [0, 0.05) is 5.56 Å². The molecule has 0 saturated heterocycles. The Kier molecular flexibility index (Phi) is 4.19. The second-order valence-corrected chi connectivity index (χ2v) is 5.26. The fraction of sp³-hybridized carbons (Fsp3) is 0.167. The topological polar surface area (TPSA) is 65.2 Å². The Morgan fingerprint density at radius 3 is 2.74 bits per heavy atom. The quantitative estimate of drug-likeness (QED) is 0.672. The number of para-hydroxylation sites is 1. The van der Waals surface area contributed by atoms with Gasteiger partial charge >= 0.3 is 0 Å². The van der Waals surface area contributed by atoms with Crippen LogP contribution in [0, 0.1) is 13.8 Å². The normalized spacial score (nSPS) is 10.5. The van der Waals surface area contributed by atoms with Crippen molar-refractivity contribution in [2.75, 3.05) is 0 Å². The van der Waals surface area contributed by atoms with Crippen molar-refractivity contribution in [2.45, 2.75) is 20.5 Å². The molecule has 3 rings (SSSR count). The number of hydrogen-bond donors (Lipinski definition) is 0. The molecule has 0 aliphatic rings. The van der Waals surface area contributed by atoms with Crippen molar-refractivity contribution in [3.8, 4) is 17.1 Å². The van der Waals surface area contributed by atoms with Crippen LogP contribution in [0.3, 0.4) is 0 Å². The van der Waals surface area contributed by atoms with Gasteiger partial charge in [-0.1, -0.05) is 29.4 Å². The van der Waals surface area contributed by atoms with E-state index in [0.717, 1.165) is 11.8 Å². The van der Waals surface area contributed by atoms with Crippen LogP contribution in [-0.4, -0.2) is 16.4 Å². The van der Waals surface area contributed by atoms with Crippen LogP contribution in [0.5, 0.6) is 5.75 Å². The number of benzene rings is 2. The molecule has 0 bridgehead atoms. The maximum absolute atomic E-state index is 11.0. The zero-order valence-corrected chi connectivity index (χ0v) is 12.9. The van der Waals surface area contributed by atoms with Crippen LogP contribution in [0.15, 0.2) is 47.0 Å². The molecule has 2 aromatic carbocycles. The first-order valence-corrected chi connectivity index (χ1v) is 7.24. The molecule has 0 radical (unpaired) electrons. The molecule has 0 saturated carbocycles. The fourth-order valence-corrected chi connectivity index (χ4v) is 2.16. The van der Waals surface area contributed by atoms with E-state index >= 15 is 0 Å². The number of hydrogen-bond acceptors (Lipinski definition) is 5. The van der Waals surface area contributed by atoms with Crippen molar-refractivity contribution in [1.29, 1.82) is 0 Å². The van der Waals surface area contributed by atoms with Gasteiger partial charge < -0.3 is 9.26 Å². The van der Waals surface area contributed by atoms with E-state index in [-0.39, 0.29) is 6.61 Å². The summed E-state index contributed by atoms with van der Waals surface area (Å²) in [4.78, 5) is 15.3. The third kappa shape index (κ3) is 3.29. The second kappa shape index (κ2) is 6.44. The standard InChI is InChI=1S/C18H16N2O3/c1-12-7-8-14(9-13(12)2)18-19-17(23-20-18)11-22-16-6-4-3-5-15(16)10-21/h3-10H,11H2,1-2H3. The summed E-state index contributed by atoms with van der Waals surface area (Å²) in [6.07, 6.45) is 0.754. The summed E-state index contributed by atoms with van der Waals surface area (Å²) >= 11 is 0. The molecular formula is C18H16N2O3. The van der Waals surface area contributed by atoms with Crippen molar-refractivity contribution in [1.82, 2.24) is 10.1 Å². The van der Waals surface area contributed by atoms with Crippen LogP contribution >= 0.6 is 0 Å². The lowest BCUT2D eigenvalue weighted by Gasteiger charge is -2.04. The van der Waals surface area contributed by atoms with Crippen molar-refractivity contribution in [3.63, 3.8) is 0 Å². The van der Waals surface area contributed by atoms with Crippen LogP contribution in [0.25, 0.3) is 11.4 Å². The maximum Gasteiger partial charge on any atom is 0.264 e. The Hall–Kier alpha value is -2.95. The van der Waals surface area contributed by atoms with Crippen LogP contribution in [0.4, 0.5) is 0 Å². The Morgan fingerprint density at radius 2 is 1.96 bits per heavy atom. The molecular weight excluding hydrogens is 292 g/mol. The Labute approximate surface area is 133 Å². The fourth-order valence-electron chi connectivity index (χ4n) is 2.16. The number of rotatable bonds is 5. The van der Waals surface area contributed by atoms with E-state index in [9.17, 15) is 4.79 Å². The minimum absolute atomic E-state index is 0.114. The summed E-state index contributed by atoms with van der Waals surface area (Å²) < 4.78 is 10.8. The first kappa shape index (κ1) is 15.0. The Morgan fingerprint density at radius 1 is 1.13 bits per heavy atom. The van der Waals surface area contributed by atoms with Crippen molar-refractivity contribution in [2.24, 2.45) is 0 Å². The van der Waals surface area contributed by atoms with Crippen molar-refractivity contribution in [3.05, 3.63) is 65.0 Å². The molecule has 5 heteroatoms. The lowest BCUT2D eigenvalue weighted by atomic mass is 10.1. The molecule has 116 valence electrons. The van der Waals surface area contributed by atoms with E-state index in [0.29, 0.717) is 23.0 Å². The number of carbonyl (C=O) groups is 1. The monoisotopic (exact) mass is 308 g/mol. The molecule has 5 nitrogen and oxygen atoms in total. The molecule has 1 heterocycles. The lowest BCUT2D eigenvalue weighted by molar-refractivity contribution is 0.111. The zero-order chi connectivity index (χ0) is 16.2. The number of carbonyl (C=O) groups excluding carboxylic acids is 1. The van der Waals surface area contributed by atoms with Crippen LogP contribution in [-0.2, 0) is 6.61 Å². The average Bonchev–Trinajstić information content (AvgIpc) is 3.04. The van der Waals surface area contributed by atoms with Gasteiger partial charge in [0.25, 0.3) is 5.89 Å². The third-order valence-electron chi connectivity index (χ3n) is 3.63. The van der Waals surface area contributed by atoms with E-state index in [1.54, 1.807) is 24.3 Å². The van der Waals surface area contributed by atoms with Gasteiger partial charge in [0.05, 0.1) is 5.56 Å². The molecule has 1 aromatic heterocycles. The number of aromatic nitrogens is 2. The molecule has 23 heavy (non-hydrogen) atoms. The van der Waals surface area contributed by atoms with E-state index in [1.807, 2.05) is 25.1 Å². The van der Waals surface area contributed by atoms with Gasteiger partial charge in [-0.05, 0) is 43.2 Å². The molecule has 0 N–H and O–H groups in total. The highest BCUT2D eigenvalue weighted by atomic mass is 16.5. The van der Waals surface area contributed by atoms with Crippen LogP contribution in [0.1, 0.15) is 27.4 Å². The maximum atomic E-state index is 11.0. The minimum Gasteiger partial charge on any atom is -0.483 e. The summed E-state index contributed by atoms with van der Waals surface area (Å²) in [6.45, 7) is 4.21. The Balaban J connectivity index is 1.74. The van der Waals surface area contributed by atoms with Gasteiger partial charge in [0.15, 0.2) is 12.9 Å². The molecule has 0 spiro atoms. The first-order valence-electron chi connectivity index (χ1n) is 7.24. The van der Waals surface area contributed by atoms with E-state index in [2.05, 4.69) is 17.1 Å². The lowest BCUT2D eigenvalue weighted by Crippen LogP contribution is -1.98. The molecule has 0 unspecified atom stereocenters. The average molecular weight is 308 g/mol. The molecule has 0 atom stereocenters. The number of aryl methyl sites for hydroxylation is 2. The third-order valence-corrected chi connectivity index (χ3v) is 3.63. The van der Waals surface area contributed by atoms with Gasteiger partial charge in [0.2, 0.25) is 5.82 Å². The van der Waals surface area contributed by atoms with Gasteiger partial charge in [0.1, 0.15) is 5.75 Å². The van der Waals surface area contributed by atoms with Crippen LogP contribution in [0.2, 0.25) is 0 Å². The van der Waals surface area contributed by atoms with Crippen molar-refractivity contribution < 1.29 is 14.1 Å². The van der Waals surface area contributed by atoms with Crippen molar-refractivity contribution >= 4 is 6.29 Å². The van der Waals surface area contributed by atoms with Gasteiger partial charge in [-0.15, -0.1) is 0 Å². The molecule has 0 amide bonds. The van der Waals surface area contributed by atoms with E-state index in [4.69, 9.17) is 9.26 Å².